The highest BCUT2D eigenvalue weighted by molar-refractivity contribution is 5.28. The molecule has 0 saturated heterocycles. The molecule has 0 aromatic heterocycles. The third-order valence-electron chi connectivity index (χ3n) is 2.91. The van der Waals surface area contributed by atoms with E-state index >= 15 is 0 Å². The second-order valence-corrected chi connectivity index (χ2v) is 4.65. The van der Waals surface area contributed by atoms with Crippen molar-refractivity contribution in [2.45, 2.75) is 46.6 Å². The number of rotatable bonds is 4. The third-order valence-corrected chi connectivity index (χ3v) is 2.91. The van der Waals surface area contributed by atoms with Gasteiger partial charge in [0.1, 0.15) is 0 Å². The minimum atomic E-state index is -0.175. The standard InChI is InChI=1S/C14H22O/c1-5-14(15)12(4)9-13-7-10(2)6-11(3)8-13/h6-8,12,14-15H,5,9H2,1-4H3. The van der Waals surface area contributed by atoms with E-state index in [9.17, 15) is 5.11 Å². The summed E-state index contributed by atoms with van der Waals surface area (Å²) in [7, 11) is 0. The molecule has 1 aromatic rings. The van der Waals surface area contributed by atoms with E-state index in [4.69, 9.17) is 0 Å². The molecule has 0 heterocycles. The molecule has 2 unspecified atom stereocenters. The summed E-state index contributed by atoms with van der Waals surface area (Å²) in [5.74, 6) is 0.344. The highest BCUT2D eigenvalue weighted by atomic mass is 16.3. The summed E-state index contributed by atoms with van der Waals surface area (Å²) in [6.07, 6.45) is 1.63. The first kappa shape index (κ1) is 12.3. The quantitative estimate of drug-likeness (QED) is 0.801. The van der Waals surface area contributed by atoms with Crippen LogP contribution in [0.5, 0.6) is 0 Å². The maximum Gasteiger partial charge on any atom is 0.0566 e. The van der Waals surface area contributed by atoms with Crippen molar-refractivity contribution in [1.82, 2.24) is 0 Å². The molecule has 0 saturated carbocycles. The fourth-order valence-electron chi connectivity index (χ4n) is 2.10. The van der Waals surface area contributed by atoms with Crippen LogP contribution < -0.4 is 0 Å². The first-order chi connectivity index (χ1) is 7.02. The van der Waals surface area contributed by atoms with Crippen LogP contribution in [0.2, 0.25) is 0 Å². The molecule has 0 fully saturated rings. The minimum absolute atomic E-state index is 0.175. The molecular formula is C14H22O. The van der Waals surface area contributed by atoms with Crippen molar-refractivity contribution in [3.8, 4) is 0 Å². The van der Waals surface area contributed by atoms with Gasteiger partial charge in [0.15, 0.2) is 0 Å². The summed E-state index contributed by atoms with van der Waals surface area (Å²) < 4.78 is 0. The van der Waals surface area contributed by atoms with E-state index < -0.39 is 0 Å². The van der Waals surface area contributed by atoms with Crippen LogP contribution in [0.15, 0.2) is 18.2 Å². The van der Waals surface area contributed by atoms with Gasteiger partial charge in [-0.3, -0.25) is 0 Å². The smallest absolute Gasteiger partial charge is 0.0566 e. The Morgan fingerprint density at radius 3 is 2.13 bits per heavy atom. The lowest BCUT2D eigenvalue weighted by atomic mass is 9.93. The molecular weight excluding hydrogens is 184 g/mol. The summed E-state index contributed by atoms with van der Waals surface area (Å²) in [5.41, 5.74) is 3.96. The normalized spacial score (nSPS) is 15.0. The SMILES string of the molecule is CCC(O)C(C)Cc1cc(C)cc(C)c1. The first-order valence-corrected chi connectivity index (χ1v) is 5.78. The van der Waals surface area contributed by atoms with E-state index in [0.717, 1.165) is 12.8 Å². The van der Waals surface area contributed by atoms with Crippen molar-refractivity contribution in [3.63, 3.8) is 0 Å². The summed E-state index contributed by atoms with van der Waals surface area (Å²) >= 11 is 0. The van der Waals surface area contributed by atoms with Gasteiger partial charge in [0.25, 0.3) is 0 Å². The van der Waals surface area contributed by atoms with Gasteiger partial charge in [0.05, 0.1) is 6.10 Å². The van der Waals surface area contributed by atoms with Crippen LogP contribution >= 0.6 is 0 Å². The Bertz CT molecular complexity index is 297. The van der Waals surface area contributed by atoms with Crippen molar-refractivity contribution in [3.05, 3.63) is 34.9 Å². The Morgan fingerprint density at radius 1 is 1.13 bits per heavy atom. The van der Waals surface area contributed by atoms with Crippen LogP contribution in [0.1, 0.15) is 37.0 Å². The Balaban J connectivity index is 2.72. The topological polar surface area (TPSA) is 20.2 Å². The molecule has 0 bridgehead atoms. The highest BCUT2D eigenvalue weighted by Gasteiger charge is 2.12. The van der Waals surface area contributed by atoms with Gasteiger partial charge in [0, 0.05) is 0 Å². The first-order valence-electron chi connectivity index (χ1n) is 5.78. The predicted octanol–water partition coefficient (Wildman–Crippen LogP) is 3.25. The molecule has 1 rings (SSSR count). The van der Waals surface area contributed by atoms with E-state index in [2.05, 4.69) is 39.0 Å². The molecule has 0 aliphatic carbocycles. The molecule has 0 radical (unpaired) electrons. The fraction of sp³-hybridized carbons (Fsp3) is 0.571. The molecule has 1 aromatic carbocycles. The molecule has 0 amide bonds. The Labute approximate surface area is 93.1 Å². The molecule has 15 heavy (non-hydrogen) atoms. The molecule has 1 heteroatoms. The van der Waals surface area contributed by atoms with E-state index in [0.29, 0.717) is 5.92 Å². The third kappa shape index (κ3) is 3.67. The summed E-state index contributed by atoms with van der Waals surface area (Å²) in [5, 5.41) is 9.73. The Kier molecular flexibility index (Phi) is 4.34. The van der Waals surface area contributed by atoms with Gasteiger partial charge < -0.3 is 5.11 Å². The van der Waals surface area contributed by atoms with Crippen LogP contribution in [0.25, 0.3) is 0 Å². The average molecular weight is 206 g/mol. The van der Waals surface area contributed by atoms with Crippen molar-refractivity contribution in [2.75, 3.05) is 0 Å². The van der Waals surface area contributed by atoms with Crippen molar-refractivity contribution in [2.24, 2.45) is 5.92 Å². The number of hydrogen-bond donors (Lipinski definition) is 1. The van der Waals surface area contributed by atoms with E-state index in [1.807, 2.05) is 6.92 Å². The number of benzene rings is 1. The Hall–Kier alpha value is -0.820. The molecule has 1 nitrogen and oxygen atoms in total. The maximum atomic E-state index is 9.73. The molecule has 1 N–H and O–H groups in total. The number of aliphatic hydroxyl groups is 1. The predicted molar refractivity (Wildman–Crippen MR) is 65.1 cm³/mol. The minimum Gasteiger partial charge on any atom is -0.393 e. The lowest BCUT2D eigenvalue weighted by molar-refractivity contribution is 0.113. The fourth-order valence-corrected chi connectivity index (χ4v) is 2.10. The van der Waals surface area contributed by atoms with Gasteiger partial charge >= 0.3 is 0 Å². The number of aryl methyl sites for hydroxylation is 2. The maximum absolute atomic E-state index is 9.73. The van der Waals surface area contributed by atoms with E-state index in [-0.39, 0.29) is 6.10 Å². The monoisotopic (exact) mass is 206 g/mol. The molecule has 84 valence electrons. The van der Waals surface area contributed by atoms with E-state index in [1.165, 1.54) is 16.7 Å². The van der Waals surface area contributed by atoms with Gasteiger partial charge in [-0.05, 0) is 38.2 Å². The zero-order chi connectivity index (χ0) is 11.4. The molecule has 0 spiro atoms. The molecule has 0 aliphatic heterocycles. The van der Waals surface area contributed by atoms with Crippen LogP contribution in [0.4, 0.5) is 0 Å². The summed E-state index contributed by atoms with van der Waals surface area (Å²) in [4.78, 5) is 0. The lowest BCUT2D eigenvalue weighted by Gasteiger charge is -2.17. The second-order valence-electron chi connectivity index (χ2n) is 4.65. The van der Waals surface area contributed by atoms with Gasteiger partial charge in [-0.2, -0.15) is 0 Å². The highest BCUT2D eigenvalue weighted by Crippen LogP contribution is 2.16. The number of aliphatic hydroxyl groups excluding tert-OH is 1. The van der Waals surface area contributed by atoms with Crippen LogP contribution in [-0.2, 0) is 6.42 Å². The van der Waals surface area contributed by atoms with Crippen molar-refractivity contribution >= 4 is 0 Å². The lowest BCUT2D eigenvalue weighted by Crippen LogP contribution is -2.18. The van der Waals surface area contributed by atoms with Crippen LogP contribution in [-0.4, -0.2) is 11.2 Å². The largest absolute Gasteiger partial charge is 0.393 e. The van der Waals surface area contributed by atoms with Gasteiger partial charge in [-0.1, -0.05) is 43.2 Å². The molecule has 0 aliphatic rings. The summed E-state index contributed by atoms with van der Waals surface area (Å²) in [6.45, 7) is 8.39. The van der Waals surface area contributed by atoms with Gasteiger partial charge in [0.2, 0.25) is 0 Å². The zero-order valence-corrected chi connectivity index (χ0v) is 10.2. The van der Waals surface area contributed by atoms with Gasteiger partial charge in [-0.25, -0.2) is 0 Å². The second kappa shape index (κ2) is 5.32. The van der Waals surface area contributed by atoms with Crippen LogP contribution in [0, 0.1) is 19.8 Å². The zero-order valence-electron chi connectivity index (χ0n) is 10.2. The number of hydrogen-bond acceptors (Lipinski definition) is 1. The van der Waals surface area contributed by atoms with E-state index in [1.54, 1.807) is 0 Å². The van der Waals surface area contributed by atoms with Crippen molar-refractivity contribution < 1.29 is 5.11 Å². The van der Waals surface area contributed by atoms with Crippen LogP contribution in [0.3, 0.4) is 0 Å². The van der Waals surface area contributed by atoms with Gasteiger partial charge in [-0.15, -0.1) is 0 Å². The Morgan fingerprint density at radius 2 is 1.67 bits per heavy atom. The summed E-state index contributed by atoms with van der Waals surface area (Å²) in [6, 6.07) is 6.61. The molecule has 2 atom stereocenters. The van der Waals surface area contributed by atoms with Crippen molar-refractivity contribution in [1.29, 1.82) is 0 Å². The average Bonchev–Trinajstić information content (AvgIpc) is 2.14.